The standard InChI is InChI=1S/C14H24N2O2/c1-4-12(5-2)16(10-11-17)14-13(18-6-3)8-7-9-15-14/h7-9,12,17H,4-6,10-11H2,1-3H3. The van der Waals surface area contributed by atoms with Crippen molar-refractivity contribution in [2.45, 2.75) is 39.7 Å². The Bertz CT molecular complexity index is 340. The summed E-state index contributed by atoms with van der Waals surface area (Å²) in [6, 6.07) is 4.18. The summed E-state index contributed by atoms with van der Waals surface area (Å²) in [4.78, 5) is 6.57. The number of aromatic nitrogens is 1. The lowest BCUT2D eigenvalue weighted by atomic mass is 10.1. The first-order valence-electron chi connectivity index (χ1n) is 6.73. The van der Waals surface area contributed by atoms with Crippen LogP contribution in [0.25, 0.3) is 0 Å². The molecule has 1 N–H and O–H groups in total. The normalized spacial score (nSPS) is 10.7. The average molecular weight is 252 g/mol. The van der Waals surface area contributed by atoms with Crippen LogP contribution in [-0.2, 0) is 0 Å². The molecular weight excluding hydrogens is 228 g/mol. The molecule has 18 heavy (non-hydrogen) atoms. The van der Waals surface area contributed by atoms with E-state index in [1.54, 1.807) is 6.20 Å². The summed E-state index contributed by atoms with van der Waals surface area (Å²) < 4.78 is 5.62. The zero-order valence-corrected chi connectivity index (χ0v) is 11.6. The quantitative estimate of drug-likeness (QED) is 0.772. The van der Waals surface area contributed by atoms with Gasteiger partial charge in [-0.1, -0.05) is 13.8 Å². The van der Waals surface area contributed by atoms with Crippen molar-refractivity contribution in [3.8, 4) is 5.75 Å². The minimum Gasteiger partial charge on any atom is -0.490 e. The molecule has 1 aromatic rings. The molecule has 4 nitrogen and oxygen atoms in total. The second-order valence-electron chi connectivity index (χ2n) is 4.15. The molecule has 1 rings (SSSR count). The van der Waals surface area contributed by atoms with E-state index in [-0.39, 0.29) is 6.61 Å². The summed E-state index contributed by atoms with van der Waals surface area (Å²) in [5.41, 5.74) is 0. The molecule has 0 unspecified atom stereocenters. The van der Waals surface area contributed by atoms with Crippen molar-refractivity contribution >= 4 is 5.82 Å². The zero-order chi connectivity index (χ0) is 13.4. The van der Waals surface area contributed by atoms with Crippen molar-refractivity contribution in [1.29, 1.82) is 0 Å². The third kappa shape index (κ3) is 3.60. The summed E-state index contributed by atoms with van der Waals surface area (Å²) >= 11 is 0. The van der Waals surface area contributed by atoms with Crippen LogP contribution in [0.15, 0.2) is 18.3 Å². The van der Waals surface area contributed by atoms with Gasteiger partial charge in [-0.3, -0.25) is 0 Å². The molecule has 0 aliphatic heterocycles. The highest BCUT2D eigenvalue weighted by atomic mass is 16.5. The number of rotatable bonds is 8. The number of nitrogens with zero attached hydrogens (tertiary/aromatic N) is 2. The molecule has 0 aliphatic carbocycles. The van der Waals surface area contributed by atoms with Crippen LogP contribution in [0, 0.1) is 0 Å². The minimum absolute atomic E-state index is 0.124. The van der Waals surface area contributed by atoms with E-state index in [9.17, 15) is 5.11 Å². The number of anilines is 1. The van der Waals surface area contributed by atoms with Crippen LogP contribution in [-0.4, -0.2) is 35.9 Å². The number of pyridine rings is 1. The molecule has 0 spiro atoms. The van der Waals surface area contributed by atoms with Crippen molar-refractivity contribution in [2.75, 3.05) is 24.7 Å². The molecule has 0 radical (unpaired) electrons. The van der Waals surface area contributed by atoms with Crippen molar-refractivity contribution < 1.29 is 9.84 Å². The monoisotopic (exact) mass is 252 g/mol. The Morgan fingerprint density at radius 2 is 2.06 bits per heavy atom. The van der Waals surface area contributed by atoms with Gasteiger partial charge < -0.3 is 14.7 Å². The Balaban J connectivity index is 3.03. The molecule has 0 aromatic carbocycles. The number of aliphatic hydroxyl groups is 1. The van der Waals surface area contributed by atoms with Gasteiger partial charge in [-0.05, 0) is 31.9 Å². The molecule has 0 bridgehead atoms. The Morgan fingerprint density at radius 3 is 2.61 bits per heavy atom. The number of hydrogen-bond acceptors (Lipinski definition) is 4. The van der Waals surface area contributed by atoms with Crippen LogP contribution in [0.2, 0.25) is 0 Å². The van der Waals surface area contributed by atoms with Crippen molar-refractivity contribution in [3.05, 3.63) is 18.3 Å². The number of hydrogen-bond donors (Lipinski definition) is 1. The molecular formula is C14H24N2O2. The van der Waals surface area contributed by atoms with E-state index in [4.69, 9.17) is 4.74 Å². The fourth-order valence-electron chi connectivity index (χ4n) is 2.16. The number of aliphatic hydroxyl groups excluding tert-OH is 1. The van der Waals surface area contributed by atoms with Crippen molar-refractivity contribution in [2.24, 2.45) is 0 Å². The first-order chi connectivity index (χ1) is 8.78. The van der Waals surface area contributed by atoms with Crippen LogP contribution in [0.5, 0.6) is 5.75 Å². The SMILES string of the molecule is CCOc1cccnc1N(CCO)C(CC)CC. The highest BCUT2D eigenvalue weighted by Gasteiger charge is 2.19. The highest BCUT2D eigenvalue weighted by Crippen LogP contribution is 2.28. The predicted molar refractivity (Wildman–Crippen MR) is 74.2 cm³/mol. The van der Waals surface area contributed by atoms with Gasteiger partial charge in [-0.15, -0.1) is 0 Å². The van der Waals surface area contributed by atoms with Gasteiger partial charge in [0, 0.05) is 18.8 Å². The first-order valence-corrected chi connectivity index (χ1v) is 6.73. The van der Waals surface area contributed by atoms with Gasteiger partial charge in [-0.2, -0.15) is 0 Å². The summed E-state index contributed by atoms with van der Waals surface area (Å²) in [5.74, 6) is 1.63. The largest absolute Gasteiger partial charge is 0.490 e. The summed E-state index contributed by atoms with van der Waals surface area (Å²) in [6.07, 6.45) is 3.82. The van der Waals surface area contributed by atoms with Gasteiger partial charge >= 0.3 is 0 Å². The lowest BCUT2D eigenvalue weighted by molar-refractivity contribution is 0.293. The lowest BCUT2D eigenvalue weighted by Gasteiger charge is -2.32. The first kappa shape index (κ1) is 14.8. The predicted octanol–water partition coefficient (Wildman–Crippen LogP) is 2.47. The molecule has 0 aliphatic rings. The molecule has 4 heteroatoms. The molecule has 1 heterocycles. The fourth-order valence-corrected chi connectivity index (χ4v) is 2.16. The Hall–Kier alpha value is -1.29. The average Bonchev–Trinajstić information content (AvgIpc) is 2.40. The van der Waals surface area contributed by atoms with E-state index < -0.39 is 0 Å². The van der Waals surface area contributed by atoms with E-state index in [1.807, 2.05) is 19.1 Å². The van der Waals surface area contributed by atoms with E-state index >= 15 is 0 Å². The third-order valence-corrected chi connectivity index (χ3v) is 3.05. The summed E-state index contributed by atoms with van der Waals surface area (Å²) in [7, 11) is 0. The van der Waals surface area contributed by atoms with E-state index in [2.05, 4.69) is 23.7 Å². The molecule has 0 saturated carbocycles. The Morgan fingerprint density at radius 1 is 1.33 bits per heavy atom. The van der Waals surface area contributed by atoms with Gasteiger partial charge in [-0.25, -0.2) is 4.98 Å². The Labute approximate surface area is 110 Å². The van der Waals surface area contributed by atoms with Gasteiger partial charge in [0.2, 0.25) is 0 Å². The van der Waals surface area contributed by atoms with Crippen LogP contribution in [0.3, 0.4) is 0 Å². The summed E-state index contributed by atoms with van der Waals surface area (Å²) in [6.45, 7) is 7.60. The van der Waals surface area contributed by atoms with Crippen LogP contribution in [0.4, 0.5) is 5.82 Å². The van der Waals surface area contributed by atoms with E-state index in [0.717, 1.165) is 24.4 Å². The van der Waals surface area contributed by atoms with Crippen molar-refractivity contribution in [1.82, 2.24) is 4.98 Å². The Kier molecular flexibility index (Phi) is 6.50. The van der Waals surface area contributed by atoms with Crippen LogP contribution >= 0.6 is 0 Å². The van der Waals surface area contributed by atoms with Crippen molar-refractivity contribution in [3.63, 3.8) is 0 Å². The zero-order valence-electron chi connectivity index (χ0n) is 11.6. The molecule has 102 valence electrons. The topological polar surface area (TPSA) is 45.6 Å². The minimum atomic E-state index is 0.124. The smallest absolute Gasteiger partial charge is 0.171 e. The van der Waals surface area contributed by atoms with Crippen LogP contribution < -0.4 is 9.64 Å². The molecule has 0 fully saturated rings. The molecule has 1 aromatic heterocycles. The maximum atomic E-state index is 9.25. The summed E-state index contributed by atoms with van der Waals surface area (Å²) in [5, 5.41) is 9.25. The number of ether oxygens (including phenoxy) is 1. The molecule has 0 amide bonds. The fraction of sp³-hybridized carbons (Fsp3) is 0.643. The van der Waals surface area contributed by atoms with E-state index in [1.165, 1.54) is 0 Å². The highest BCUT2D eigenvalue weighted by molar-refractivity contribution is 5.52. The van der Waals surface area contributed by atoms with Gasteiger partial charge in [0.05, 0.1) is 13.2 Å². The maximum absolute atomic E-state index is 9.25. The van der Waals surface area contributed by atoms with Gasteiger partial charge in [0.25, 0.3) is 0 Å². The second-order valence-corrected chi connectivity index (χ2v) is 4.15. The maximum Gasteiger partial charge on any atom is 0.171 e. The van der Waals surface area contributed by atoms with E-state index in [0.29, 0.717) is 19.2 Å². The lowest BCUT2D eigenvalue weighted by Crippen LogP contribution is -2.37. The third-order valence-electron chi connectivity index (χ3n) is 3.05. The molecule has 0 saturated heterocycles. The van der Waals surface area contributed by atoms with Gasteiger partial charge in [0.15, 0.2) is 11.6 Å². The molecule has 0 atom stereocenters. The second kappa shape index (κ2) is 7.93. The van der Waals surface area contributed by atoms with Gasteiger partial charge in [0.1, 0.15) is 0 Å². The van der Waals surface area contributed by atoms with Crippen LogP contribution in [0.1, 0.15) is 33.6 Å².